The van der Waals surface area contributed by atoms with Crippen molar-refractivity contribution in [3.05, 3.63) is 35.2 Å². The molecule has 0 atom stereocenters. The number of carbonyl (C=O) groups excluding carboxylic acids is 1. The average Bonchev–Trinajstić information content (AvgIpc) is 3.10. The van der Waals surface area contributed by atoms with E-state index in [-0.39, 0.29) is 5.91 Å². The first-order valence-electron chi connectivity index (χ1n) is 8.76. The number of halogens is 1. The van der Waals surface area contributed by atoms with E-state index in [1.54, 1.807) is 12.1 Å². The first-order valence-corrected chi connectivity index (χ1v) is 9.14. The van der Waals surface area contributed by atoms with Gasteiger partial charge in [-0.25, -0.2) is 0 Å². The summed E-state index contributed by atoms with van der Waals surface area (Å²) in [7, 11) is 0. The molecule has 0 saturated carbocycles. The maximum absolute atomic E-state index is 11.9. The number of hydrogen-bond acceptors (Lipinski definition) is 5. The summed E-state index contributed by atoms with van der Waals surface area (Å²) in [5.41, 5.74) is 0.813. The Morgan fingerprint density at radius 1 is 1.36 bits per heavy atom. The van der Waals surface area contributed by atoms with Gasteiger partial charge in [0.2, 0.25) is 17.6 Å². The molecule has 134 valence electrons. The van der Waals surface area contributed by atoms with Crippen molar-refractivity contribution in [2.45, 2.75) is 32.1 Å². The van der Waals surface area contributed by atoms with Crippen molar-refractivity contribution >= 4 is 17.5 Å². The van der Waals surface area contributed by atoms with Crippen molar-refractivity contribution in [1.82, 2.24) is 20.8 Å². The third kappa shape index (κ3) is 5.54. The van der Waals surface area contributed by atoms with Gasteiger partial charge in [0.25, 0.3) is 0 Å². The minimum Gasteiger partial charge on any atom is -0.356 e. The van der Waals surface area contributed by atoms with Gasteiger partial charge in [0.1, 0.15) is 0 Å². The number of nitrogens with zero attached hydrogens (tertiary/aromatic N) is 2. The van der Waals surface area contributed by atoms with Gasteiger partial charge in [-0.05, 0) is 50.4 Å². The molecule has 2 aromatic rings. The molecule has 1 fully saturated rings. The van der Waals surface area contributed by atoms with Crippen molar-refractivity contribution in [3.63, 3.8) is 0 Å². The minimum absolute atomic E-state index is 0.0908. The minimum atomic E-state index is 0.0908. The monoisotopic (exact) mass is 362 g/mol. The van der Waals surface area contributed by atoms with Crippen molar-refractivity contribution in [3.8, 4) is 11.4 Å². The number of carbonyl (C=O) groups is 1. The molecule has 0 radical (unpaired) electrons. The van der Waals surface area contributed by atoms with Crippen LogP contribution in [0.25, 0.3) is 11.4 Å². The average molecular weight is 363 g/mol. The van der Waals surface area contributed by atoms with Gasteiger partial charge < -0.3 is 15.2 Å². The molecule has 0 bridgehead atoms. The van der Waals surface area contributed by atoms with Gasteiger partial charge in [-0.3, -0.25) is 4.79 Å². The van der Waals surface area contributed by atoms with Crippen LogP contribution in [-0.2, 0) is 11.2 Å². The van der Waals surface area contributed by atoms with Gasteiger partial charge in [-0.1, -0.05) is 28.9 Å². The molecule has 1 amide bonds. The molecule has 1 aromatic heterocycles. The van der Waals surface area contributed by atoms with Gasteiger partial charge >= 0.3 is 0 Å². The predicted octanol–water partition coefficient (Wildman–Crippen LogP) is 2.83. The number of benzene rings is 1. The number of amides is 1. The Labute approximate surface area is 152 Å². The maximum atomic E-state index is 11.9. The fraction of sp³-hybridized carbons (Fsp3) is 0.500. The summed E-state index contributed by atoms with van der Waals surface area (Å²) >= 11 is 5.97. The van der Waals surface area contributed by atoms with Crippen LogP contribution in [-0.4, -0.2) is 35.7 Å². The Morgan fingerprint density at radius 3 is 3.00 bits per heavy atom. The van der Waals surface area contributed by atoms with Crippen molar-refractivity contribution < 1.29 is 9.32 Å². The Bertz CT molecular complexity index is 698. The first kappa shape index (κ1) is 17.9. The summed E-state index contributed by atoms with van der Waals surface area (Å²) < 4.78 is 5.23. The molecule has 0 aliphatic carbocycles. The lowest BCUT2D eigenvalue weighted by molar-refractivity contribution is -0.121. The van der Waals surface area contributed by atoms with Crippen LogP contribution in [0.3, 0.4) is 0 Å². The topological polar surface area (TPSA) is 80.0 Å². The number of aromatic nitrogens is 2. The quantitative estimate of drug-likeness (QED) is 0.791. The zero-order valence-corrected chi connectivity index (χ0v) is 14.9. The van der Waals surface area contributed by atoms with E-state index in [1.807, 2.05) is 12.1 Å². The Morgan fingerprint density at radius 2 is 2.20 bits per heavy atom. The Hall–Kier alpha value is -1.92. The zero-order chi connectivity index (χ0) is 17.5. The van der Waals surface area contributed by atoms with Gasteiger partial charge in [-0.2, -0.15) is 4.98 Å². The highest BCUT2D eigenvalue weighted by Crippen LogP contribution is 2.20. The third-order valence-corrected chi connectivity index (χ3v) is 4.69. The molecule has 25 heavy (non-hydrogen) atoms. The van der Waals surface area contributed by atoms with E-state index in [0.29, 0.717) is 42.0 Å². The van der Waals surface area contributed by atoms with Crippen molar-refractivity contribution in [2.75, 3.05) is 19.6 Å². The molecule has 7 heteroatoms. The molecule has 1 aliphatic heterocycles. The number of hydrogen-bond donors (Lipinski definition) is 2. The molecule has 0 spiro atoms. The number of piperidine rings is 1. The molecule has 2 N–H and O–H groups in total. The predicted molar refractivity (Wildman–Crippen MR) is 96.3 cm³/mol. The van der Waals surface area contributed by atoms with E-state index in [2.05, 4.69) is 20.8 Å². The summed E-state index contributed by atoms with van der Waals surface area (Å²) in [4.78, 5) is 16.3. The molecule has 3 rings (SSSR count). The van der Waals surface area contributed by atoms with Crippen LogP contribution in [0.5, 0.6) is 0 Å². The maximum Gasteiger partial charge on any atom is 0.228 e. The smallest absolute Gasteiger partial charge is 0.228 e. The lowest BCUT2D eigenvalue weighted by atomic mass is 9.93. The second-order valence-electron chi connectivity index (χ2n) is 6.35. The number of rotatable bonds is 7. The first-order chi connectivity index (χ1) is 12.2. The van der Waals surface area contributed by atoms with Crippen molar-refractivity contribution in [1.29, 1.82) is 0 Å². The molecule has 2 heterocycles. The van der Waals surface area contributed by atoms with Crippen LogP contribution >= 0.6 is 11.6 Å². The van der Waals surface area contributed by atoms with Gasteiger partial charge in [-0.15, -0.1) is 0 Å². The fourth-order valence-corrected chi connectivity index (χ4v) is 3.19. The fourth-order valence-electron chi connectivity index (χ4n) is 3.00. The molecule has 1 aromatic carbocycles. The molecule has 6 nitrogen and oxygen atoms in total. The van der Waals surface area contributed by atoms with E-state index in [1.165, 1.54) is 12.8 Å². The van der Waals surface area contributed by atoms with Crippen LogP contribution in [0.15, 0.2) is 28.8 Å². The SMILES string of the molecule is O=C(CCC1CCNCC1)NCCc1nc(-c2cccc(Cl)c2)no1. The molecule has 0 unspecified atom stereocenters. The summed E-state index contributed by atoms with van der Waals surface area (Å²) in [6, 6.07) is 7.31. The van der Waals surface area contributed by atoms with E-state index >= 15 is 0 Å². The second kappa shape index (κ2) is 8.97. The molecular formula is C18H23ClN4O2. The lowest BCUT2D eigenvalue weighted by Crippen LogP contribution is -2.30. The standard InChI is InChI=1S/C18H23ClN4O2/c19-15-3-1-2-14(12-15)18-22-17(25-23-18)8-11-21-16(24)5-4-13-6-9-20-10-7-13/h1-3,12-13,20H,4-11H2,(H,21,24). The van der Waals surface area contributed by atoms with Gasteiger partial charge in [0, 0.05) is 30.0 Å². The normalized spacial score (nSPS) is 15.2. The van der Waals surface area contributed by atoms with Crippen molar-refractivity contribution in [2.24, 2.45) is 5.92 Å². The van der Waals surface area contributed by atoms with Crippen LogP contribution in [0.2, 0.25) is 5.02 Å². The Balaban J connectivity index is 1.39. The molecular weight excluding hydrogens is 340 g/mol. The highest BCUT2D eigenvalue weighted by atomic mass is 35.5. The van der Waals surface area contributed by atoms with Crippen LogP contribution in [0, 0.1) is 5.92 Å². The number of nitrogens with one attached hydrogen (secondary N) is 2. The van der Waals surface area contributed by atoms with Crippen LogP contribution in [0.1, 0.15) is 31.6 Å². The summed E-state index contributed by atoms with van der Waals surface area (Å²) in [5.74, 6) is 1.78. The molecule has 1 aliphatic rings. The van der Waals surface area contributed by atoms with Crippen LogP contribution in [0.4, 0.5) is 0 Å². The van der Waals surface area contributed by atoms with E-state index < -0.39 is 0 Å². The Kier molecular flexibility index (Phi) is 6.42. The zero-order valence-electron chi connectivity index (χ0n) is 14.1. The summed E-state index contributed by atoms with van der Waals surface area (Å²) in [6.07, 6.45) is 4.41. The molecule has 1 saturated heterocycles. The summed E-state index contributed by atoms with van der Waals surface area (Å²) in [6.45, 7) is 2.64. The third-order valence-electron chi connectivity index (χ3n) is 4.45. The van der Waals surface area contributed by atoms with Gasteiger partial charge in [0.15, 0.2) is 0 Å². The van der Waals surface area contributed by atoms with E-state index in [4.69, 9.17) is 16.1 Å². The summed E-state index contributed by atoms with van der Waals surface area (Å²) in [5, 5.41) is 10.9. The highest BCUT2D eigenvalue weighted by molar-refractivity contribution is 6.30. The van der Waals surface area contributed by atoms with Gasteiger partial charge in [0.05, 0.1) is 0 Å². The largest absolute Gasteiger partial charge is 0.356 e. The van der Waals surface area contributed by atoms with Crippen LogP contribution < -0.4 is 10.6 Å². The second-order valence-corrected chi connectivity index (χ2v) is 6.79. The van der Waals surface area contributed by atoms with E-state index in [0.717, 1.165) is 25.1 Å². The van der Waals surface area contributed by atoms with E-state index in [9.17, 15) is 4.79 Å². The highest BCUT2D eigenvalue weighted by Gasteiger charge is 2.14. The lowest BCUT2D eigenvalue weighted by Gasteiger charge is -2.22.